The van der Waals surface area contributed by atoms with Crippen molar-refractivity contribution in [2.75, 3.05) is 6.61 Å². The average Bonchev–Trinajstić information content (AvgIpc) is 3.29. The molecular weight excluding hydrogens is 370 g/mol. The summed E-state index contributed by atoms with van der Waals surface area (Å²) < 4.78 is 11.7. The highest BCUT2D eigenvalue weighted by atomic mass is 16.6. The van der Waals surface area contributed by atoms with E-state index in [9.17, 15) is 4.79 Å². The molecule has 1 aliphatic heterocycles. The number of fused-ring (bicyclic) bond motifs is 1. The number of hydrogen-bond acceptors (Lipinski definition) is 7. The number of carbonyl (C=O) groups excluding carboxylic acids is 1. The maximum atomic E-state index is 13.2. The van der Waals surface area contributed by atoms with Gasteiger partial charge in [0.1, 0.15) is 6.61 Å². The summed E-state index contributed by atoms with van der Waals surface area (Å²) >= 11 is 0. The fraction of sp³-hybridized carbons (Fsp3) is 0.333. The van der Waals surface area contributed by atoms with E-state index in [1.807, 2.05) is 24.3 Å². The van der Waals surface area contributed by atoms with Gasteiger partial charge in [-0.15, -0.1) is 10.2 Å². The lowest BCUT2D eigenvalue weighted by atomic mass is 9.99. The van der Waals surface area contributed by atoms with Crippen molar-refractivity contribution in [2.45, 2.75) is 38.3 Å². The molecule has 2 aromatic carbocycles. The molecule has 8 nitrogen and oxygen atoms in total. The highest BCUT2D eigenvalue weighted by Crippen LogP contribution is 2.40. The molecule has 2 heterocycles. The van der Waals surface area contributed by atoms with E-state index >= 15 is 0 Å². The lowest BCUT2D eigenvalue weighted by Gasteiger charge is -2.33. The molecule has 1 aromatic heterocycles. The second kappa shape index (κ2) is 8.00. The summed E-state index contributed by atoms with van der Waals surface area (Å²) in [6, 6.07) is 12.9. The molecule has 0 bridgehead atoms. The highest BCUT2D eigenvalue weighted by Gasteiger charge is 2.41. The number of benzene rings is 2. The summed E-state index contributed by atoms with van der Waals surface area (Å²) in [6.45, 7) is 2.19. The zero-order valence-corrected chi connectivity index (χ0v) is 16.2. The number of carbonyl (C=O) groups is 1. The van der Waals surface area contributed by atoms with Crippen molar-refractivity contribution >= 4 is 5.78 Å². The number of aromatic nitrogens is 4. The number of unbranched alkanes of at least 4 members (excludes halogenated alkanes) is 2. The van der Waals surface area contributed by atoms with Gasteiger partial charge in [-0.2, -0.15) is 5.21 Å². The number of H-pyrrole nitrogens is 1. The van der Waals surface area contributed by atoms with Gasteiger partial charge in [0, 0.05) is 5.56 Å². The van der Waals surface area contributed by atoms with Gasteiger partial charge >= 0.3 is 0 Å². The van der Waals surface area contributed by atoms with Crippen LogP contribution in [-0.4, -0.2) is 33.0 Å². The first-order valence-electron chi connectivity index (χ1n) is 9.72. The fourth-order valence-corrected chi connectivity index (χ4v) is 3.32. The Balaban J connectivity index is 1.59. The number of nitrogens with two attached hydrogens (primary N) is 1. The Morgan fingerprint density at radius 1 is 1.21 bits per heavy atom. The summed E-state index contributed by atoms with van der Waals surface area (Å²) in [6.07, 6.45) is 4.55. The first-order chi connectivity index (χ1) is 14.1. The number of rotatable bonds is 7. The zero-order valence-electron chi connectivity index (χ0n) is 16.2. The zero-order chi connectivity index (χ0) is 20.3. The SMILES string of the molecule is CCCCCc1ccc(C(=O)c2cccc3c2OC(N)(c2nn[nH]n2)CO3)cc1. The molecule has 0 spiro atoms. The van der Waals surface area contributed by atoms with Gasteiger partial charge in [-0.3, -0.25) is 10.5 Å². The lowest BCUT2D eigenvalue weighted by molar-refractivity contribution is -0.0154. The molecule has 1 unspecified atom stereocenters. The Hall–Kier alpha value is -3.26. The van der Waals surface area contributed by atoms with E-state index in [0.29, 0.717) is 16.9 Å². The molecule has 0 radical (unpaired) electrons. The second-order valence-electron chi connectivity index (χ2n) is 7.13. The molecule has 8 heteroatoms. The quantitative estimate of drug-likeness (QED) is 0.468. The van der Waals surface area contributed by atoms with Crippen LogP contribution in [0.1, 0.15) is 53.5 Å². The van der Waals surface area contributed by atoms with Crippen LogP contribution in [0.15, 0.2) is 42.5 Å². The number of aromatic amines is 1. The van der Waals surface area contributed by atoms with E-state index in [1.54, 1.807) is 18.2 Å². The normalized spacial score (nSPS) is 17.9. The van der Waals surface area contributed by atoms with E-state index in [2.05, 4.69) is 27.5 Å². The molecule has 3 aromatic rings. The molecule has 0 saturated carbocycles. The minimum atomic E-state index is -1.43. The Morgan fingerprint density at radius 2 is 2.03 bits per heavy atom. The number of ether oxygens (including phenoxy) is 2. The number of ketones is 1. The van der Waals surface area contributed by atoms with Crippen molar-refractivity contribution < 1.29 is 14.3 Å². The monoisotopic (exact) mass is 393 g/mol. The fourth-order valence-electron chi connectivity index (χ4n) is 3.32. The first-order valence-corrected chi connectivity index (χ1v) is 9.72. The minimum absolute atomic E-state index is 0.00361. The van der Waals surface area contributed by atoms with Gasteiger partial charge in [-0.25, -0.2) is 0 Å². The molecular formula is C21H23N5O3. The molecule has 4 rings (SSSR count). The Morgan fingerprint density at radius 3 is 2.76 bits per heavy atom. The van der Waals surface area contributed by atoms with Crippen LogP contribution in [0.25, 0.3) is 0 Å². The van der Waals surface area contributed by atoms with Gasteiger partial charge in [0.15, 0.2) is 17.3 Å². The Bertz CT molecular complexity index is 988. The van der Waals surface area contributed by atoms with Crippen LogP contribution >= 0.6 is 0 Å². The maximum absolute atomic E-state index is 13.2. The van der Waals surface area contributed by atoms with E-state index in [-0.39, 0.29) is 24.0 Å². The lowest BCUT2D eigenvalue weighted by Crippen LogP contribution is -2.51. The van der Waals surface area contributed by atoms with Gasteiger partial charge in [0.05, 0.1) is 5.56 Å². The molecule has 1 aliphatic rings. The van der Waals surface area contributed by atoms with Crippen LogP contribution in [0.3, 0.4) is 0 Å². The van der Waals surface area contributed by atoms with E-state index in [0.717, 1.165) is 12.8 Å². The average molecular weight is 393 g/mol. The molecule has 3 N–H and O–H groups in total. The first kappa shape index (κ1) is 19.1. The van der Waals surface area contributed by atoms with Crippen LogP contribution in [0, 0.1) is 0 Å². The van der Waals surface area contributed by atoms with E-state index in [1.165, 1.54) is 18.4 Å². The standard InChI is InChI=1S/C21H23N5O3/c1-2-3-4-6-14-9-11-15(12-10-14)18(27)16-7-5-8-17-19(16)29-21(22,13-28-17)20-23-25-26-24-20/h5,7-12H,2-4,6,13,22H2,1H3,(H,23,24,25,26). The third-order valence-electron chi connectivity index (χ3n) is 4.96. The summed E-state index contributed by atoms with van der Waals surface area (Å²) in [4.78, 5) is 13.2. The molecule has 0 amide bonds. The number of nitrogens with zero attached hydrogens (tertiary/aromatic N) is 3. The summed E-state index contributed by atoms with van der Waals surface area (Å²) in [5.41, 5.74) is 7.03. The number of tetrazole rings is 1. The van der Waals surface area contributed by atoms with Gasteiger partial charge in [0.25, 0.3) is 5.72 Å². The van der Waals surface area contributed by atoms with Crippen molar-refractivity contribution in [3.05, 3.63) is 65.0 Å². The number of para-hydroxylation sites is 1. The predicted octanol–water partition coefficient (Wildman–Crippen LogP) is 2.75. The largest absolute Gasteiger partial charge is 0.483 e. The van der Waals surface area contributed by atoms with Crippen molar-refractivity contribution in [3.8, 4) is 11.5 Å². The van der Waals surface area contributed by atoms with Crippen molar-refractivity contribution in [1.82, 2.24) is 20.6 Å². The minimum Gasteiger partial charge on any atom is -0.483 e. The smallest absolute Gasteiger partial charge is 0.257 e. The summed E-state index contributed by atoms with van der Waals surface area (Å²) in [5.74, 6) is 0.726. The molecule has 0 fully saturated rings. The van der Waals surface area contributed by atoms with Crippen LogP contribution < -0.4 is 15.2 Å². The van der Waals surface area contributed by atoms with Crippen LogP contribution in [0.5, 0.6) is 11.5 Å². The number of hydrogen-bond donors (Lipinski definition) is 2. The molecule has 29 heavy (non-hydrogen) atoms. The van der Waals surface area contributed by atoms with Crippen molar-refractivity contribution in [2.24, 2.45) is 5.73 Å². The van der Waals surface area contributed by atoms with Crippen molar-refractivity contribution in [3.63, 3.8) is 0 Å². The Labute approximate surface area is 168 Å². The topological polar surface area (TPSA) is 116 Å². The van der Waals surface area contributed by atoms with Gasteiger partial charge in [-0.05, 0) is 35.8 Å². The van der Waals surface area contributed by atoms with Crippen molar-refractivity contribution in [1.29, 1.82) is 0 Å². The molecule has 1 atom stereocenters. The number of nitrogens with one attached hydrogen (secondary N) is 1. The second-order valence-corrected chi connectivity index (χ2v) is 7.13. The third-order valence-corrected chi connectivity index (χ3v) is 4.96. The van der Waals surface area contributed by atoms with Crippen LogP contribution in [-0.2, 0) is 12.1 Å². The van der Waals surface area contributed by atoms with Crippen LogP contribution in [0.4, 0.5) is 0 Å². The highest BCUT2D eigenvalue weighted by molar-refractivity contribution is 6.11. The molecule has 150 valence electrons. The van der Waals surface area contributed by atoms with E-state index in [4.69, 9.17) is 15.2 Å². The summed E-state index contributed by atoms with van der Waals surface area (Å²) in [5, 5.41) is 13.7. The molecule has 0 saturated heterocycles. The summed E-state index contributed by atoms with van der Waals surface area (Å²) in [7, 11) is 0. The Kier molecular flexibility index (Phi) is 5.26. The third kappa shape index (κ3) is 3.84. The van der Waals surface area contributed by atoms with Gasteiger partial charge in [0.2, 0.25) is 5.82 Å². The van der Waals surface area contributed by atoms with Gasteiger partial charge in [-0.1, -0.05) is 50.1 Å². The van der Waals surface area contributed by atoms with Gasteiger partial charge < -0.3 is 9.47 Å². The number of aryl methyl sites for hydroxylation is 1. The van der Waals surface area contributed by atoms with Crippen LogP contribution in [0.2, 0.25) is 0 Å². The molecule has 0 aliphatic carbocycles. The van der Waals surface area contributed by atoms with E-state index < -0.39 is 5.72 Å². The predicted molar refractivity (Wildman–Crippen MR) is 106 cm³/mol. The maximum Gasteiger partial charge on any atom is 0.257 e.